The maximum atomic E-state index is 11.0. The third-order valence-corrected chi connectivity index (χ3v) is 4.25. The van der Waals surface area contributed by atoms with Crippen molar-refractivity contribution in [2.45, 2.75) is 31.1 Å². The van der Waals surface area contributed by atoms with Gasteiger partial charge < -0.3 is 9.90 Å². The van der Waals surface area contributed by atoms with Gasteiger partial charge in [-0.15, -0.1) is 0 Å². The van der Waals surface area contributed by atoms with Crippen LogP contribution in [0.5, 0.6) is 5.75 Å². The average molecular weight is 202 g/mol. The summed E-state index contributed by atoms with van der Waals surface area (Å²) in [5.74, 6) is 0.507. The van der Waals surface area contributed by atoms with Gasteiger partial charge in [0, 0.05) is 11.3 Å². The molecule has 1 N–H and O–H groups in total. The Labute approximate surface area is 88.9 Å². The van der Waals surface area contributed by atoms with Crippen molar-refractivity contribution in [1.82, 2.24) is 0 Å². The second kappa shape index (κ2) is 2.84. The Kier molecular flexibility index (Phi) is 1.70. The van der Waals surface area contributed by atoms with Crippen molar-refractivity contribution in [1.29, 1.82) is 0 Å². The van der Waals surface area contributed by atoms with Crippen LogP contribution in [0.2, 0.25) is 0 Å². The molecule has 78 valence electrons. The van der Waals surface area contributed by atoms with Gasteiger partial charge in [0.15, 0.2) is 0 Å². The van der Waals surface area contributed by atoms with Gasteiger partial charge in [0.1, 0.15) is 12.0 Å². The zero-order valence-corrected chi connectivity index (χ0v) is 8.57. The average Bonchev–Trinajstić information content (AvgIpc) is 2.57. The van der Waals surface area contributed by atoms with Gasteiger partial charge in [0.2, 0.25) is 0 Å². The van der Waals surface area contributed by atoms with Crippen molar-refractivity contribution in [3.63, 3.8) is 0 Å². The first kappa shape index (κ1) is 8.96. The number of hydrogen-bond acceptors (Lipinski definition) is 2. The molecule has 0 unspecified atom stereocenters. The first-order valence-corrected chi connectivity index (χ1v) is 5.54. The van der Waals surface area contributed by atoms with Crippen LogP contribution in [0.1, 0.15) is 30.4 Å². The van der Waals surface area contributed by atoms with Crippen molar-refractivity contribution in [2.24, 2.45) is 5.92 Å². The largest absolute Gasteiger partial charge is 0.508 e. The Morgan fingerprint density at radius 2 is 2.27 bits per heavy atom. The van der Waals surface area contributed by atoms with E-state index >= 15 is 0 Å². The molecule has 0 bridgehead atoms. The smallest absolute Gasteiger partial charge is 0.123 e. The van der Waals surface area contributed by atoms with Crippen LogP contribution in [-0.2, 0) is 16.6 Å². The molecule has 0 amide bonds. The summed E-state index contributed by atoms with van der Waals surface area (Å²) in [6.45, 7) is 0. The van der Waals surface area contributed by atoms with Crippen molar-refractivity contribution in [2.75, 3.05) is 0 Å². The first-order valence-electron chi connectivity index (χ1n) is 5.54. The lowest BCUT2D eigenvalue weighted by atomic mass is 9.58. The van der Waals surface area contributed by atoms with Crippen LogP contribution in [0.3, 0.4) is 0 Å². The Hall–Kier alpha value is -1.31. The number of aryl methyl sites for hydroxylation is 1. The topological polar surface area (TPSA) is 37.3 Å². The summed E-state index contributed by atoms with van der Waals surface area (Å²) in [6.07, 6.45) is 5.35. The molecule has 3 rings (SSSR count). The zero-order valence-electron chi connectivity index (χ0n) is 8.57. The Morgan fingerprint density at radius 1 is 1.40 bits per heavy atom. The Bertz CT molecular complexity index is 425. The van der Waals surface area contributed by atoms with Crippen molar-refractivity contribution >= 4 is 6.29 Å². The molecule has 0 saturated heterocycles. The van der Waals surface area contributed by atoms with Crippen molar-refractivity contribution in [3.05, 3.63) is 29.3 Å². The van der Waals surface area contributed by atoms with E-state index in [1.807, 2.05) is 12.1 Å². The molecule has 0 radical (unpaired) electrons. The molecule has 1 saturated carbocycles. The number of carbonyl (C=O) groups is 1. The van der Waals surface area contributed by atoms with Gasteiger partial charge >= 0.3 is 0 Å². The lowest BCUT2D eigenvalue weighted by Gasteiger charge is -2.45. The molecule has 1 aromatic rings. The predicted octanol–water partition coefficient (Wildman–Crippen LogP) is 2.19. The van der Waals surface area contributed by atoms with Gasteiger partial charge in [-0.1, -0.05) is 6.07 Å². The SMILES string of the molecule is O=C[C@H]1CC[C@@]12CCc1ccc(O)cc12. The minimum Gasteiger partial charge on any atom is -0.508 e. The molecule has 0 heterocycles. The molecular formula is C13H14O2. The lowest BCUT2D eigenvalue weighted by Crippen LogP contribution is -2.43. The highest BCUT2D eigenvalue weighted by Gasteiger charge is 2.51. The Morgan fingerprint density at radius 3 is 2.93 bits per heavy atom. The highest BCUT2D eigenvalue weighted by molar-refractivity contribution is 5.62. The van der Waals surface area contributed by atoms with E-state index in [1.165, 1.54) is 11.1 Å². The summed E-state index contributed by atoms with van der Waals surface area (Å²) in [6, 6.07) is 5.60. The van der Waals surface area contributed by atoms with Crippen LogP contribution in [0.4, 0.5) is 0 Å². The molecule has 2 heteroatoms. The van der Waals surface area contributed by atoms with Crippen LogP contribution >= 0.6 is 0 Å². The maximum absolute atomic E-state index is 11.0. The van der Waals surface area contributed by atoms with Gasteiger partial charge in [-0.3, -0.25) is 0 Å². The van der Waals surface area contributed by atoms with E-state index in [1.54, 1.807) is 6.07 Å². The molecular weight excluding hydrogens is 188 g/mol. The van der Waals surface area contributed by atoms with Crippen LogP contribution in [0, 0.1) is 5.92 Å². The molecule has 15 heavy (non-hydrogen) atoms. The summed E-state index contributed by atoms with van der Waals surface area (Å²) in [4.78, 5) is 11.0. The van der Waals surface area contributed by atoms with E-state index in [2.05, 4.69) is 0 Å². The number of aldehydes is 1. The van der Waals surface area contributed by atoms with E-state index in [0.29, 0.717) is 5.75 Å². The molecule has 0 aromatic heterocycles. The van der Waals surface area contributed by atoms with Gasteiger partial charge in [0.05, 0.1) is 0 Å². The minimum atomic E-state index is 0.0792. The third-order valence-electron chi connectivity index (χ3n) is 4.25. The number of hydrogen-bond donors (Lipinski definition) is 1. The van der Waals surface area contributed by atoms with Gasteiger partial charge in [-0.2, -0.15) is 0 Å². The first-order chi connectivity index (χ1) is 7.26. The van der Waals surface area contributed by atoms with E-state index in [9.17, 15) is 9.90 Å². The van der Waals surface area contributed by atoms with Gasteiger partial charge in [-0.05, 0) is 48.9 Å². The van der Waals surface area contributed by atoms with Gasteiger partial charge in [0.25, 0.3) is 0 Å². The van der Waals surface area contributed by atoms with E-state index in [0.717, 1.165) is 32.0 Å². The highest BCUT2D eigenvalue weighted by atomic mass is 16.3. The van der Waals surface area contributed by atoms with E-state index in [4.69, 9.17) is 0 Å². The standard InChI is InChI=1S/C13H14O2/c14-8-10-4-6-13(10)5-3-9-1-2-11(15)7-12(9)13/h1-2,7-8,10,15H,3-6H2/t10-,13+/m1/s1. The fourth-order valence-corrected chi connectivity index (χ4v) is 3.24. The number of aromatic hydroxyl groups is 1. The molecule has 2 aliphatic rings. The molecule has 2 atom stereocenters. The Balaban J connectivity index is 2.10. The normalized spacial score (nSPS) is 32.4. The number of fused-ring (bicyclic) bond motifs is 2. The number of benzene rings is 1. The summed E-state index contributed by atoms with van der Waals surface area (Å²) in [7, 11) is 0. The lowest BCUT2D eigenvalue weighted by molar-refractivity contribution is -0.116. The number of carbonyl (C=O) groups excluding carboxylic acids is 1. The van der Waals surface area contributed by atoms with Crippen LogP contribution in [0.25, 0.3) is 0 Å². The monoisotopic (exact) mass is 202 g/mol. The van der Waals surface area contributed by atoms with Gasteiger partial charge in [-0.25, -0.2) is 0 Å². The number of phenols is 1. The van der Waals surface area contributed by atoms with E-state index < -0.39 is 0 Å². The van der Waals surface area contributed by atoms with Crippen LogP contribution in [0.15, 0.2) is 18.2 Å². The van der Waals surface area contributed by atoms with Crippen molar-refractivity contribution in [3.8, 4) is 5.75 Å². The molecule has 1 fully saturated rings. The summed E-state index contributed by atoms with van der Waals surface area (Å²) >= 11 is 0. The molecule has 2 aliphatic carbocycles. The molecule has 0 aliphatic heterocycles. The van der Waals surface area contributed by atoms with E-state index in [-0.39, 0.29) is 11.3 Å². The third kappa shape index (κ3) is 1.02. The predicted molar refractivity (Wildman–Crippen MR) is 56.9 cm³/mol. The zero-order chi connectivity index (χ0) is 10.5. The fraction of sp³-hybridized carbons (Fsp3) is 0.462. The molecule has 2 nitrogen and oxygen atoms in total. The fourth-order valence-electron chi connectivity index (χ4n) is 3.24. The summed E-state index contributed by atoms with van der Waals surface area (Å²) < 4.78 is 0. The maximum Gasteiger partial charge on any atom is 0.123 e. The molecule has 1 aromatic carbocycles. The minimum absolute atomic E-state index is 0.0792. The summed E-state index contributed by atoms with van der Waals surface area (Å²) in [5, 5.41) is 9.52. The van der Waals surface area contributed by atoms with Crippen LogP contribution in [-0.4, -0.2) is 11.4 Å². The second-order valence-corrected chi connectivity index (χ2v) is 4.78. The summed E-state index contributed by atoms with van der Waals surface area (Å²) in [5.41, 5.74) is 2.63. The van der Waals surface area contributed by atoms with Crippen LogP contribution < -0.4 is 0 Å². The second-order valence-electron chi connectivity index (χ2n) is 4.78. The number of phenolic OH excluding ortho intramolecular Hbond substituents is 1. The quantitative estimate of drug-likeness (QED) is 0.709. The highest BCUT2D eigenvalue weighted by Crippen LogP contribution is 2.56. The van der Waals surface area contributed by atoms with Crippen molar-refractivity contribution < 1.29 is 9.90 Å². The molecule has 1 spiro atoms. The number of rotatable bonds is 1.